The van der Waals surface area contributed by atoms with Crippen LogP contribution in [0.25, 0.3) is 0 Å². The van der Waals surface area contributed by atoms with Crippen LogP contribution in [0.3, 0.4) is 0 Å². The lowest BCUT2D eigenvalue weighted by Crippen LogP contribution is -2.52. The number of aliphatic hydroxyl groups is 1. The number of aromatic nitrogens is 2. The van der Waals surface area contributed by atoms with Crippen molar-refractivity contribution in [1.82, 2.24) is 19.4 Å². The Balaban J connectivity index is 1.41. The standard InChI is InChI=1S/C30H40N4O6/c1-24-5-8-26(9-6-24)40-22-30(36)20-33(14-15-34(21-30)29(35)19-37-2)18-25-7-10-27(28(17-25)38-3)39-16-4-12-32-13-11-31-23-32/h5-11,13,17,23,36H,4,12,14-16,18-22H2,1-3H3/t30-/m0/s1. The number of methoxy groups -OCH3 is 2. The molecule has 1 N–H and O–H groups in total. The van der Waals surface area contributed by atoms with E-state index in [1.54, 1.807) is 24.5 Å². The molecule has 1 fully saturated rings. The lowest BCUT2D eigenvalue weighted by atomic mass is 10.0. The number of benzene rings is 2. The van der Waals surface area contributed by atoms with Crippen molar-refractivity contribution in [2.24, 2.45) is 0 Å². The molecule has 2 heterocycles. The second-order valence-corrected chi connectivity index (χ2v) is 10.3. The number of carbonyl (C=O) groups is 1. The van der Waals surface area contributed by atoms with Crippen molar-refractivity contribution in [3.63, 3.8) is 0 Å². The van der Waals surface area contributed by atoms with E-state index in [9.17, 15) is 9.90 Å². The number of hydrogen-bond acceptors (Lipinski definition) is 8. The molecule has 1 aliphatic rings. The maximum Gasteiger partial charge on any atom is 0.248 e. The molecule has 0 spiro atoms. The van der Waals surface area contributed by atoms with Crippen LogP contribution >= 0.6 is 0 Å². The fraction of sp³-hybridized carbons (Fsp3) is 0.467. The molecule has 3 aromatic rings. The van der Waals surface area contributed by atoms with Gasteiger partial charge >= 0.3 is 0 Å². The van der Waals surface area contributed by atoms with Crippen molar-refractivity contribution in [2.45, 2.75) is 32.0 Å². The van der Waals surface area contributed by atoms with Gasteiger partial charge in [-0.25, -0.2) is 4.98 Å². The summed E-state index contributed by atoms with van der Waals surface area (Å²) in [5, 5.41) is 11.7. The number of nitrogens with zero attached hydrogens (tertiary/aromatic N) is 4. The molecule has 10 nitrogen and oxygen atoms in total. The van der Waals surface area contributed by atoms with Crippen LogP contribution in [0.2, 0.25) is 0 Å². The normalized spacial score (nSPS) is 17.9. The smallest absolute Gasteiger partial charge is 0.248 e. The van der Waals surface area contributed by atoms with Gasteiger partial charge in [0.2, 0.25) is 5.91 Å². The van der Waals surface area contributed by atoms with Gasteiger partial charge in [0.25, 0.3) is 0 Å². The number of β-amino-alcohol motifs (C(OH)–C–C–N with tert-alkyl or cyclic N) is 1. The van der Waals surface area contributed by atoms with Crippen LogP contribution in [0.5, 0.6) is 17.2 Å². The van der Waals surface area contributed by atoms with E-state index in [1.165, 1.54) is 7.11 Å². The Hall–Kier alpha value is -3.60. The molecule has 1 amide bonds. The summed E-state index contributed by atoms with van der Waals surface area (Å²) in [5.41, 5.74) is 0.873. The third kappa shape index (κ3) is 8.45. The lowest BCUT2D eigenvalue weighted by Gasteiger charge is -2.33. The number of carbonyl (C=O) groups excluding carboxylic acids is 1. The molecule has 1 atom stereocenters. The molecule has 0 radical (unpaired) electrons. The maximum absolute atomic E-state index is 12.7. The Kier molecular flexibility index (Phi) is 10.4. The quantitative estimate of drug-likeness (QED) is 0.324. The molecule has 216 valence electrons. The van der Waals surface area contributed by atoms with Crippen molar-refractivity contribution in [3.8, 4) is 17.2 Å². The van der Waals surface area contributed by atoms with E-state index in [4.69, 9.17) is 18.9 Å². The van der Waals surface area contributed by atoms with E-state index in [2.05, 4.69) is 9.88 Å². The minimum Gasteiger partial charge on any atom is -0.493 e. The molecule has 0 saturated carbocycles. The number of ether oxygens (including phenoxy) is 4. The van der Waals surface area contributed by atoms with Crippen molar-refractivity contribution in [3.05, 3.63) is 72.3 Å². The predicted molar refractivity (Wildman–Crippen MR) is 151 cm³/mol. The van der Waals surface area contributed by atoms with Crippen molar-refractivity contribution >= 4 is 5.91 Å². The van der Waals surface area contributed by atoms with Crippen LogP contribution in [0.15, 0.2) is 61.2 Å². The molecule has 1 aromatic heterocycles. The SMILES string of the molecule is COCC(=O)N1CCN(Cc2ccc(OCCCn3ccnc3)c(OC)c2)C[C@@](O)(COc2ccc(C)cc2)C1. The Labute approximate surface area is 236 Å². The summed E-state index contributed by atoms with van der Waals surface area (Å²) in [7, 11) is 3.12. The monoisotopic (exact) mass is 552 g/mol. The first-order valence-corrected chi connectivity index (χ1v) is 13.5. The first-order chi connectivity index (χ1) is 19.4. The highest BCUT2D eigenvalue weighted by atomic mass is 16.5. The van der Waals surface area contributed by atoms with Gasteiger partial charge in [0.05, 0.1) is 26.6 Å². The molecule has 0 aliphatic carbocycles. The summed E-state index contributed by atoms with van der Waals surface area (Å²) in [4.78, 5) is 20.6. The summed E-state index contributed by atoms with van der Waals surface area (Å²) in [6, 6.07) is 13.6. The van der Waals surface area contributed by atoms with E-state index >= 15 is 0 Å². The average molecular weight is 553 g/mol. The third-order valence-electron chi connectivity index (χ3n) is 6.85. The Morgan fingerprint density at radius 3 is 2.60 bits per heavy atom. The predicted octanol–water partition coefficient (Wildman–Crippen LogP) is 2.77. The van der Waals surface area contributed by atoms with Crippen LogP contribution in [0, 0.1) is 6.92 Å². The van der Waals surface area contributed by atoms with Gasteiger partial charge in [-0.15, -0.1) is 0 Å². The van der Waals surface area contributed by atoms with Crippen LogP contribution in [-0.4, -0.2) is 96.2 Å². The first kappa shape index (κ1) is 29.4. The Morgan fingerprint density at radius 1 is 1.05 bits per heavy atom. The van der Waals surface area contributed by atoms with Crippen molar-refractivity contribution in [2.75, 3.05) is 60.2 Å². The molecule has 1 saturated heterocycles. The van der Waals surface area contributed by atoms with Crippen LogP contribution in [0.4, 0.5) is 0 Å². The molecule has 40 heavy (non-hydrogen) atoms. The summed E-state index contributed by atoms with van der Waals surface area (Å²) in [6.07, 6.45) is 6.33. The number of imidazole rings is 1. The molecule has 0 bridgehead atoms. The first-order valence-electron chi connectivity index (χ1n) is 13.5. The Morgan fingerprint density at radius 2 is 1.88 bits per heavy atom. The van der Waals surface area contributed by atoms with Crippen LogP contribution in [0.1, 0.15) is 17.5 Å². The molecular weight excluding hydrogens is 512 g/mol. The summed E-state index contributed by atoms with van der Waals surface area (Å²) < 4.78 is 24.7. The highest BCUT2D eigenvalue weighted by Crippen LogP contribution is 2.29. The van der Waals surface area contributed by atoms with Gasteiger partial charge in [0.1, 0.15) is 24.6 Å². The Bertz CT molecular complexity index is 1200. The minimum atomic E-state index is -1.27. The van der Waals surface area contributed by atoms with E-state index in [0.717, 1.165) is 24.1 Å². The molecule has 1 aliphatic heterocycles. The largest absolute Gasteiger partial charge is 0.493 e. The van der Waals surface area contributed by atoms with Gasteiger partial charge in [0.15, 0.2) is 11.5 Å². The highest BCUT2D eigenvalue weighted by molar-refractivity contribution is 5.77. The number of aryl methyl sites for hydroxylation is 2. The molecule has 4 rings (SSSR count). The van der Waals surface area contributed by atoms with Gasteiger partial charge in [-0.1, -0.05) is 23.8 Å². The van der Waals surface area contributed by atoms with Crippen molar-refractivity contribution in [1.29, 1.82) is 0 Å². The summed E-state index contributed by atoms with van der Waals surface area (Å²) in [6.45, 7) is 5.55. The third-order valence-corrected chi connectivity index (χ3v) is 6.85. The zero-order valence-electron chi connectivity index (χ0n) is 23.6. The lowest BCUT2D eigenvalue weighted by molar-refractivity contribution is -0.138. The van der Waals surface area contributed by atoms with E-state index < -0.39 is 5.60 Å². The second-order valence-electron chi connectivity index (χ2n) is 10.3. The fourth-order valence-corrected chi connectivity index (χ4v) is 4.78. The second kappa shape index (κ2) is 14.2. The maximum atomic E-state index is 12.7. The molecule has 0 unspecified atom stereocenters. The zero-order valence-corrected chi connectivity index (χ0v) is 23.6. The van der Waals surface area contributed by atoms with Gasteiger partial charge < -0.3 is 33.5 Å². The van der Waals surface area contributed by atoms with Gasteiger partial charge in [-0.3, -0.25) is 9.69 Å². The fourth-order valence-electron chi connectivity index (χ4n) is 4.78. The van der Waals surface area contributed by atoms with Gasteiger partial charge in [0, 0.05) is 52.2 Å². The van der Waals surface area contributed by atoms with Gasteiger partial charge in [-0.05, 0) is 43.2 Å². The molecule has 10 heteroatoms. The highest BCUT2D eigenvalue weighted by Gasteiger charge is 2.37. The van der Waals surface area contributed by atoms with Crippen LogP contribution in [-0.2, 0) is 22.6 Å². The van der Waals surface area contributed by atoms with Gasteiger partial charge in [-0.2, -0.15) is 0 Å². The van der Waals surface area contributed by atoms with E-state index in [0.29, 0.717) is 50.0 Å². The molecular formula is C30H40N4O6. The number of rotatable bonds is 13. The van der Waals surface area contributed by atoms with Crippen molar-refractivity contribution < 1.29 is 28.8 Å². The zero-order chi connectivity index (χ0) is 28.4. The summed E-state index contributed by atoms with van der Waals surface area (Å²) >= 11 is 0. The number of hydrogen-bond donors (Lipinski definition) is 1. The molecule has 2 aromatic carbocycles. The van der Waals surface area contributed by atoms with Crippen LogP contribution < -0.4 is 14.2 Å². The topological polar surface area (TPSA) is 98.5 Å². The average Bonchev–Trinajstić information content (AvgIpc) is 3.41. The van der Waals surface area contributed by atoms with E-state index in [1.807, 2.05) is 60.2 Å². The minimum absolute atomic E-state index is 0.0319. The summed E-state index contributed by atoms with van der Waals surface area (Å²) in [5.74, 6) is 1.86. The van der Waals surface area contributed by atoms with E-state index in [-0.39, 0.29) is 25.7 Å². The number of amides is 1.